The third kappa shape index (κ3) is 4.44. The predicted octanol–water partition coefficient (Wildman–Crippen LogP) is 1.37. The first-order valence-corrected chi connectivity index (χ1v) is 6.26. The molecule has 1 amide bonds. The van der Waals surface area contributed by atoms with E-state index in [0.29, 0.717) is 24.2 Å². The number of benzene rings is 1. The minimum Gasteiger partial charge on any atom is -0.469 e. The van der Waals surface area contributed by atoms with Crippen LogP contribution in [0.4, 0.5) is 11.4 Å². The first-order chi connectivity index (χ1) is 9.86. The van der Waals surface area contributed by atoms with Gasteiger partial charge in [0.2, 0.25) is 5.91 Å². The molecule has 21 heavy (non-hydrogen) atoms. The molecule has 0 spiro atoms. The fourth-order valence-electron chi connectivity index (χ4n) is 1.83. The molecule has 0 saturated heterocycles. The second kappa shape index (κ2) is 7.22. The van der Waals surface area contributed by atoms with Gasteiger partial charge in [0.05, 0.1) is 12.0 Å². The zero-order chi connectivity index (χ0) is 16.0. The van der Waals surface area contributed by atoms with Gasteiger partial charge in [-0.15, -0.1) is 0 Å². The van der Waals surface area contributed by atoms with Crippen LogP contribution in [-0.4, -0.2) is 30.5 Å². The lowest BCUT2D eigenvalue weighted by Crippen LogP contribution is -2.13. The molecule has 0 atom stereocenters. The van der Waals surface area contributed by atoms with Gasteiger partial charge in [0.15, 0.2) is 0 Å². The number of carbonyl (C=O) groups excluding carboxylic acids is 2. The summed E-state index contributed by atoms with van der Waals surface area (Å²) in [5, 5.41) is 14.0. The average molecular weight is 295 g/mol. The van der Waals surface area contributed by atoms with Gasteiger partial charge >= 0.3 is 5.97 Å². The topological polar surface area (TPSA) is 125 Å². The molecular weight excluding hydrogens is 278 g/mol. The van der Waals surface area contributed by atoms with E-state index >= 15 is 0 Å². The van der Waals surface area contributed by atoms with Crippen molar-refractivity contribution in [2.45, 2.75) is 19.8 Å². The van der Waals surface area contributed by atoms with E-state index in [4.69, 9.17) is 5.73 Å². The number of nitro groups is 1. The van der Waals surface area contributed by atoms with Gasteiger partial charge < -0.3 is 15.8 Å². The number of methoxy groups -OCH3 is 1. The summed E-state index contributed by atoms with van der Waals surface area (Å²) >= 11 is 0. The summed E-state index contributed by atoms with van der Waals surface area (Å²) < 4.78 is 4.50. The summed E-state index contributed by atoms with van der Waals surface area (Å²) in [4.78, 5) is 32.6. The molecule has 0 heterocycles. The SMILES string of the molecule is COC(=O)CCCNc1c(C)cc(C(N)=O)cc1[N+](=O)[O-]. The molecule has 0 aromatic heterocycles. The van der Waals surface area contributed by atoms with Crippen molar-refractivity contribution in [1.29, 1.82) is 0 Å². The van der Waals surface area contributed by atoms with E-state index in [-0.39, 0.29) is 23.6 Å². The number of nitrogens with one attached hydrogen (secondary N) is 1. The second-order valence-electron chi connectivity index (χ2n) is 4.42. The van der Waals surface area contributed by atoms with Crippen LogP contribution < -0.4 is 11.1 Å². The fourth-order valence-corrected chi connectivity index (χ4v) is 1.83. The van der Waals surface area contributed by atoms with E-state index in [2.05, 4.69) is 10.1 Å². The number of carbonyl (C=O) groups is 2. The monoisotopic (exact) mass is 295 g/mol. The molecule has 0 aliphatic heterocycles. The normalized spacial score (nSPS) is 10.0. The number of hydrogen-bond donors (Lipinski definition) is 2. The van der Waals surface area contributed by atoms with E-state index in [1.54, 1.807) is 6.92 Å². The maximum Gasteiger partial charge on any atom is 0.305 e. The van der Waals surface area contributed by atoms with Crippen LogP contribution in [0.25, 0.3) is 0 Å². The Labute approximate surface area is 121 Å². The van der Waals surface area contributed by atoms with Gasteiger partial charge in [0.1, 0.15) is 5.69 Å². The molecule has 114 valence electrons. The number of nitrogens with zero attached hydrogens (tertiary/aromatic N) is 1. The van der Waals surface area contributed by atoms with E-state index in [9.17, 15) is 19.7 Å². The van der Waals surface area contributed by atoms with Gasteiger partial charge in [-0.2, -0.15) is 0 Å². The Bertz CT molecular complexity index is 571. The first-order valence-electron chi connectivity index (χ1n) is 6.26. The third-order valence-electron chi connectivity index (χ3n) is 2.88. The summed E-state index contributed by atoms with van der Waals surface area (Å²) in [6.07, 6.45) is 0.691. The lowest BCUT2D eigenvalue weighted by atomic mass is 10.1. The van der Waals surface area contributed by atoms with Crippen LogP contribution in [0, 0.1) is 17.0 Å². The minimum atomic E-state index is -0.724. The molecule has 0 unspecified atom stereocenters. The molecule has 0 fully saturated rings. The number of hydrogen-bond acceptors (Lipinski definition) is 6. The van der Waals surface area contributed by atoms with Crippen LogP contribution in [-0.2, 0) is 9.53 Å². The first kappa shape index (κ1) is 16.4. The maximum atomic E-state index is 11.1. The lowest BCUT2D eigenvalue weighted by Gasteiger charge is -2.11. The molecular formula is C13H17N3O5. The zero-order valence-electron chi connectivity index (χ0n) is 11.8. The molecule has 1 rings (SSSR count). The quantitative estimate of drug-likeness (QED) is 0.339. The largest absolute Gasteiger partial charge is 0.469 e. The van der Waals surface area contributed by atoms with Crippen molar-refractivity contribution in [3.8, 4) is 0 Å². The van der Waals surface area contributed by atoms with E-state index in [1.807, 2.05) is 0 Å². The molecule has 1 aromatic carbocycles. The Hall–Kier alpha value is -2.64. The van der Waals surface area contributed by atoms with Crippen LogP contribution in [0.5, 0.6) is 0 Å². The van der Waals surface area contributed by atoms with E-state index < -0.39 is 10.8 Å². The van der Waals surface area contributed by atoms with Gasteiger partial charge in [-0.3, -0.25) is 19.7 Å². The van der Waals surface area contributed by atoms with Gasteiger partial charge in [-0.25, -0.2) is 0 Å². The van der Waals surface area contributed by atoms with Crippen LogP contribution in [0.1, 0.15) is 28.8 Å². The number of ether oxygens (including phenoxy) is 1. The van der Waals surface area contributed by atoms with Crippen molar-refractivity contribution in [3.63, 3.8) is 0 Å². The lowest BCUT2D eigenvalue weighted by molar-refractivity contribution is -0.384. The molecule has 8 heteroatoms. The molecule has 0 saturated carbocycles. The molecule has 3 N–H and O–H groups in total. The van der Waals surface area contributed by atoms with Crippen molar-refractivity contribution in [3.05, 3.63) is 33.4 Å². The van der Waals surface area contributed by atoms with E-state index in [1.165, 1.54) is 13.2 Å². The highest BCUT2D eigenvalue weighted by atomic mass is 16.6. The smallest absolute Gasteiger partial charge is 0.305 e. The summed E-state index contributed by atoms with van der Waals surface area (Å²) in [6.45, 7) is 2.01. The summed E-state index contributed by atoms with van der Waals surface area (Å²) in [6, 6.07) is 2.62. The summed E-state index contributed by atoms with van der Waals surface area (Å²) in [5.41, 5.74) is 5.85. The highest BCUT2D eigenvalue weighted by Gasteiger charge is 2.19. The molecule has 1 aromatic rings. The number of amides is 1. The van der Waals surface area contributed by atoms with Gasteiger partial charge in [0.25, 0.3) is 5.69 Å². The van der Waals surface area contributed by atoms with Crippen molar-refractivity contribution in [1.82, 2.24) is 0 Å². The fraction of sp³-hybridized carbons (Fsp3) is 0.385. The summed E-state index contributed by atoms with van der Waals surface area (Å²) in [5.74, 6) is -1.06. The van der Waals surface area contributed by atoms with Gasteiger partial charge in [0, 0.05) is 24.6 Å². The molecule has 0 bridgehead atoms. The van der Waals surface area contributed by atoms with Crippen LogP contribution in [0.2, 0.25) is 0 Å². The van der Waals surface area contributed by atoms with Crippen LogP contribution in [0.3, 0.4) is 0 Å². The Morgan fingerprint density at radius 3 is 2.62 bits per heavy atom. The standard InChI is InChI=1S/C13H17N3O5/c1-8-6-9(13(14)18)7-10(16(19)20)12(8)15-5-3-4-11(17)21-2/h6-7,15H,3-5H2,1-2H3,(H2,14,18). The molecule has 0 aliphatic rings. The average Bonchev–Trinajstić information content (AvgIpc) is 2.43. The number of rotatable bonds is 7. The number of aryl methyl sites for hydroxylation is 1. The number of esters is 1. The van der Waals surface area contributed by atoms with Gasteiger partial charge in [-0.1, -0.05) is 0 Å². The second-order valence-corrected chi connectivity index (χ2v) is 4.42. The Morgan fingerprint density at radius 2 is 2.10 bits per heavy atom. The Balaban J connectivity index is 2.88. The highest BCUT2D eigenvalue weighted by molar-refractivity contribution is 5.95. The van der Waals surface area contributed by atoms with Crippen molar-refractivity contribution in [2.24, 2.45) is 5.73 Å². The Kier molecular flexibility index (Phi) is 5.65. The number of primary amides is 1. The number of nitrogens with two attached hydrogens (primary N) is 1. The molecule has 8 nitrogen and oxygen atoms in total. The maximum absolute atomic E-state index is 11.1. The molecule has 0 radical (unpaired) electrons. The minimum absolute atomic E-state index is 0.0827. The molecule has 0 aliphatic carbocycles. The number of anilines is 1. The number of nitro benzene ring substituents is 1. The zero-order valence-corrected chi connectivity index (χ0v) is 11.8. The predicted molar refractivity (Wildman–Crippen MR) is 76.1 cm³/mol. The third-order valence-corrected chi connectivity index (χ3v) is 2.88. The van der Waals surface area contributed by atoms with Gasteiger partial charge in [-0.05, 0) is 25.0 Å². The van der Waals surface area contributed by atoms with Crippen LogP contribution >= 0.6 is 0 Å². The summed E-state index contributed by atoms with van der Waals surface area (Å²) in [7, 11) is 1.30. The van der Waals surface area contributed by atoms with Crippen molar-refractivity contribution < 1.29 is 19.2 Å². The van der Waals surface area contributed by atoms with E-state index in [0.717, 1.165) is 6.07 Å². The Morgan fingerprint density at radius 1 is 1.43 bits per heavy atom. The van der Waals surface area contributed by atoms with Crippen molar-refractivity contribution in [2.75, 3.05) is 19.0 Å². The van der Waals surface area contributed by atoms with Crippen LogP contribution in [0.15, 0.2) is 12.1 Å². The van der Waals surface area contributed by atoms with Crippen molar-refractivity contribution >= 4 is 23.3 Å². The highest BCUT2D eigenvalue weighted by Crippen LogP contribution is 2.29.